The van der Waals surface area contributed by atoms with E-state index in [1.54, 1.807) is 25.3 Å². The Labute approximate surface area is 124 Å². The smallest absolute Gasteiger partial charge is 0.251 e. The highest BCUT2D eigenvalue weighted by Gasteiger charge is 2.11. The highest BCUT2D eigenvalue weighted by molar-refractivity contribution is 5.96. The zero-order valence-electron chi connectivity index (χ0n) is 12.0. The van der Waals surface area contributed by atoms with Gasteiger partial charge in [0.1, 0.15) is 5.75 Å². The Morgan fingerprint density at radius 2 is 1.95 bits per heavy atom. The highest BCUT2D eigenvalue weighted by atomic mass is 16.5. The fourth-order valence-corrected chi connectivity index (χ4v) is 2.09. The van der Waals surface area contributed by atoms with E-state index in [2.05, 4.69) is 5.32 Å². The molecule has 0 aliphatic heterocycles. The van der Waals surface area contributed by atoms with Crippen molar-refractivity contribution in [3.8, 4) is 5.75 Å². The number of ether oxygens (including phenoxy) is 1. The Morgan fingerprint density at radius 3 is 2.62 bits per heavy atom. The van der Waals surface area contributed by atoms with Gasteiger partial charge in [-0.3, -0.25) is 4.79 Å². The van der Waals surface area contributed by atoms with E-state index in [4.69, 9.17) is 4.74 Å². The molecule has 4 heteroatoms. The molecule has 0 saturated carbocycles. The summed E-state index contributed by atoms with van der Waals surface area (Å²) in [6.07, 6.45) is 0.769. The van der Waals surface area contributed by atoms with E-state index in [1.165, 1.54) is 5.56 Å². The minimum absolute atomic E-state index is 0.175. The number of methoxy groups -OCH3 is 1. The number of nitrogens with one attached hydrogen (secondary N) is 1. The predicted octanol–water partition coefficient (Wildman–Crippen LogP) is 2.16. The molecule has 0 fully saturated rings. The molecule has 110 valence electrons. The van der Waals surface area contributed by atoms with Gasteiger partial charge in [0.05, 0.1) is 13.7 Å². The van der Waals surface area contributed by atoms with Crippen molar-refractivity contribution in [1.29, 1.82) is 0 Å². The average molecular weight is 285 g/mol. The van der Waals surface area contributed by atoms with Crippen LogP contribution in [0.2, 0.25) is 0 Å². The molecular formula is C17H19NO3. The van der Waals surface area contributed by atoms with Gasteiger partial charge >= 0.3 is 0 Å². The maximum atomic E-state index is 12.2. The molecule has 2 aromatic rings. The predicted molar refractivity (Wildman–Crippen MR) is 81.4 cm³/mol. The standard InChI is InChI=1S/C17H19NO3/c1-21-15-8-7-14(12-19)16(11-15)17(20)18-10-9-13-5-3-2-4-6-13/h2-8,11,19H,9-10,12H2,1H3,(H,18,20). The summed E-state index contributed by atoms with van der Waals surface area (Å²) < 4.78 is 5.12. The Hall–Kier alpha value is -2.33. The lowest BCUT2D eigenvalue weighted by Gasteiger charge is -2.10. The number of aliphatic hydroxyl groups excluding tert-OH is 1. The minimum atomic E-state index is -0.200. The van der Waals surface area contributed by atoms with Crippen LogP contribution in [-0.4, -0.2) is 24.7 Å². The van der Waals surface area contributed by atoms with Gasteiger partial charge in [-0.2, -0.15) is 0 Å². The molecule has 1 amide bonds. The first-order valence-corrected chi connectivity index (χ1v) is 6.84. The van der Waals surface area contributed by atoms with E-state index in [9.17, 15) is 9.90 Å². The fourth-order valence-electron chi connectivity index (χ4n) is 2.09. The molecule has 2 N–H and O–H groups in total. The molecule has 0 aromatic heterocycles. The molecule has 0 unspecified atom stereocenters. The van der Waals surface area contributed by atoms with Crippen LogP contribution in [0.25, 0.3) is 0 Å². The van der Waals surface area contributed by atoms with Gasteiger partial charge in [-0.1, -0.05) is 36.4 Å². The van der Waals surface area contributed by atoms with Crippen molar-refractivity contribution in [3.63, 3.8) is 0 Å². The Morgan fingerprint density at radius 1 is 1.19 bits per heavy atom. The molecule has 0 saturated heterocycles. The molecule has 0 atom stereocenters. The summed E-state index contributed by atoms with van der Waals surface area (Å²) in [5, 5.41) is 12.2. The van der Waals surface area contributed by atoms with Crippen molar-refractivity contribution >= 4 is 5.91 Å². The van der Waals surface area contributed by atoms with Crippen LogP contribution in [0.15, 0.2) is 48.5 Å². The largest absolute Gasteiger partial charge is 0.497 e. The van der Waals surface area contributed by atoms with Crippen LogP contribution in [0.1, 0.15) is 21.5 Å². The summed E-state index contributed by atoms with van der Waals surface area (Å²) in [6.45, 7) is 0.371. The van der Waals surface area contributed by atoms with E-state index < -0.39 is 0 Å². The molecule has 0 aliphatic rings. The van der Waals surface area contributed by atoms with Crippen LogP contribution in [0.4, 0.5) is 0 Å². The second kappa shape index (κ2) is 7.45. The third-order valence-corrected chi connectivity index (χ3v) is 3.27. The van der Waals surface area contributed by atoms with Crippen molar-refractivity contribution in [2.24, 2.45) is 0 Å². The fraction of sp³-hybridized carbons (Fsp3) is 0.235. The van der Waals surface area contributed by atoms with Crippen molar-refractivity contribution < 1.29 is 14.6 Å². The second-order valence-corrected chi connectivity index (χ2v) is 4.67. The SMILES string of the molecule is COc1ccc(CO)c(C(=O)NCCc2ccccc2)c1. The summed E-state index contributed by atoms with van der Waals surface area (Å²) >= 11 is 0. The summed E-state index contributed by atoms with van der Waals surface area (Å²) in [7, 11) is 1.55. The number of amides is 1. The van der Waals surface area contributed by atoms with Crippen LogP contribution in [0.3, 0.4) is 0 Å². The summed E-state index contributed by atoms with van der Waals surface area (Å²) in [4.78, 5) is 12.2. The van der Waals surface area contributed by atoms with Crippen molar-refractivity contribution in [1.82, 2.24) is 5.32 Å². The van der Waals surface area contributed by atoms with Crippen LogP contribution in [-0.2, 0) is 13.0 Å². The van der Waals surface area contributed by atoms with Gasteiger partial charge in [-0.05, 0) is 29.7 Å². The number of hydrogen-bond acceptors (Lipinski definition) is 3. The lowest BCUT2D eigenvalue weighted by atomic mass is 10.1. The molecular weight excluding hydrogens is 266 g/mol. The molecule has 0 radical (unpaired) electrons. The number of benzene rings is 2. The summed E-state index contributed by atoms with van der Waals surface area (Å²) in [6, 6.07) is 15.0. The normalized spacial score (nSPS) is 10.2. The number of rotatable bonds is 6. The number of carbonyl (C=O) groups excluding carboxylic acids is 1. The van der Waals surface area contributed by atoms with Gasteiger partial charge < -0.3 is 15.2 Å². The Bertz CT molecular complexity index is 596. The topological polar surface area (TPSA) is 58.6 Å². The maximum Gasteiger partial charge on any atom is 0.251 e. The molecule has 21 heavy (non-hydrogen) atoms. The van der Waals surface area contributed by atoms with Gasteiger partial charge in [0.15, 0.2) is 0 Å². The lowest BCUT2D eigenvalue weighted by Crippen LogP contribution is -2.26. The van der Waals surface area contributed by atoms with Crippen molar-refractivity contribution in [2.75, 3.05) is 13.7 Å². The van der Waals surface area contributed by atoms with Crippen molar-refractivity contribution in [2.45, 2.75) is 13.0 Å². The van der Waals surface area contributed by atoms with Crippen LogP contribution in [0.5, 0.6) is 5.75 Å². The van der Waals surface area contributed by atoms with Gasteiger partial charge in [-0.25, -0.2) is 0 Å². The van der Waals surface area contributed by atoms with Gasteiger partial charge in [-0.15, -0.1) is 0 Å². The zero-order chi connectivity index (χ0) is 15.1. The van der Waals surface area contributed by atoms with E-state index in [1.807, 2.05) is 30.3 Å². The lowest BCUT2D eigenvalue weighted by molar-refractivity contribution is 0.0950. The van der Waals surface area contributed by atoms with E-state index >= 15 is 0 Å². The van der Waals surface area contributed by atoms with Gasteiger partial charge in [0, 0.05) is 12.1 Å². The molecule has 0 heterocycles. The average Bonchev–Trinajstić information content (AvgIpc) is 2.55. The van der Waals surface area contributed by atoms with Crippen molar-refractivity contribution in [3.05, 3.63) is 65.2 Å². The van der Waals surface area contributed by atoms with E-state index in [-0.39, 0.29) is 12.5 Å². The molecule has 2 rings (SSSR count). The van der Waals surface area contributed by atoms with E-state index in [0.717, 1.165) is 6.42 Å². The first kappa shape index (κ1) is 15.1. The number of carbonyl (C=O) groups is 1. The Balaban J connectivity index is 1.99. The molecule has 0 bridgehead atoms. The molecule has 4 nitrogen and oxygen atoms in total. The molecule has 0 aliphatic carbocycles. The van der Waals surface area contributed by atoms with Gasteiger partial charge in [0.25, 0.3) is 5.91 Å². The monoisotopic (exact) mass is 285 g/mol. The summed E-state index contributed by atoms with van der Waals surface area (Å²) in [5.74, 6) is 0.397. The molecule has 2 aromatic carbocycles. The first-order valence-electron chi connectivity index (χ1n) is 6.84. The highest BCUT2D eigenvalue weighted by Crippen LogP contribution is 2.17. The third-order valence-electron chi connectivity index (χ3n) is 3.27. The third kappa shape index (κ3) is 4.07. The van der Waals surface area contributed by atoms with Gasteiger partial charge in [0.2, 0.25) is 0 Å². The van der Waals surface area contributed by atoms with Crippen LogP contribution in [0, 0.1) is 0 Å². The first-order chi connectivity index (χ1) is 10.2. The zero-order valence-corrected chi connectivity index (χ0v) is 12.0. The van der Waals surface area contributed by atoms with E-state index in [0.29, 0.717) is 23.4 Å². The minimum Gasteiger partial charge on any atom is -0.497 e. The number of aliphatic hydroxyl groups is 1. The van der Waals surface area contributed by atoms with Crippen LogP contribution >= 0.6 is 0 Å². The second-order valence-electron chi connectivity index (χ2n) is 4.67. The Kier molecular flexibility index (Phi) is 5.35. The van der Waals surface area contributed by atoms with Crippen LogP contribution < -0.4 is 10.1 Å². The summed E-state index contributed by atoms with van der Waals surface area (Å²) in [5.41, 5.74) is 2.21. The number of hydrogen-bond donors (Lipinski definition) is 2. The quantitative estimate of drug-likeness (QED) is 0.855. The molecule has 0 spiro atoms. The maximum absolute atomic E-state index is 12.2.